The fourth-order valence-corrected chi connectivity index (χ4v) is 3.68. The number of nitrogen functional groups attached to an aromatic ring is 2. The molecule has 1 aromatic rings. The highest BCUT2D eigenvalue weighted by molar-refractivity contribution is 6.00. The third kappa shape index (κ3) is 4.36. The van der Waals surface area contributed by atoms with Gasteiger partial charge in [0.15, 0.2) is 0 Å². The van der Waals surface area contributed by atoms with Gasteiger partial charge in [-0.15, -0.1) is 0 Å². The van der Waals surface area contributed by atoms with Crippen LogP contribution in [0.5, 0.6) is 0 Å². The number of nitrogens with two attached hydrogens (primary N) is 2. The molecule has 0 radical (unpaired) electrons. The molecule has 0 bridgehead atoms. The van der Waals surface area contributed by atoms with Gasteiger partial charge in [0, 0.05) is 12.6 Å². The standard InChI is InChI=1S/C17H23F4N5O/c18-10-5-6-26(8-10)15-12(7-13(22)14(23)25-15)16(27)24-11-3-1-9(2-4-11)17(19,20)21/h7,9-11H,1-6,8,22H2,(H2,23,25)(H,24,27)/t9?,10-,11?/m1/s1. The molecule has 5 N–H and O–H groups in total. The van der Waals surface area contributed by atoms with E-state index in [4.69, 9.17) is 11.5 Å². The van der Waals surface area contributed by atoms with Crippen LogP contribution in [0.15, 0.2) is 6.07 Å². The van der Waals surface area contributed by atoms with Crippen molar-refractivity contribution in [1.82, 2.24) is 10.3 Å². The molecule has 150 valence electrons. The van der Waals surface area contributed by atoms with Crippen LogP contribution < -0.4 is 21.7 Å². The summed E-state index contributed by atoms with van der Waals surface area (Å²) in [6, 6.07) is 1.04. The van der Waals surface area contributed by atoms with Crippen LogP contribution in [-0.2, 0) is 0 Å². The van der Waals surface area contributed by atoms with E-state index in [9.17, 15) is 22.4 Å². The van der Waals surface area contributed by atoms with Crippen LogP contribution in [0.1, 0.15) is 42.5 Å². The molecule has 0 aromatic carbocycles. The molecule has 1 aliphatic carbocycles. The van der Waals surface area contributed by atoms with E-state index in [0.29, 0.717) is 13.0 Å². The van der Waals surface area contributed by atoms with Gasteiger partial charge in [-0.25, -0.2) is 9.37 Å². The van der Waals surface area contributed by atoms with Gasteiger partial charge in [0.2, 0.25) is 0 Å². The van der Waals surface area contributed by atoms with E-state index in [1.807, 2.05) is 0 Å². The Labute approximate surface area is 154 Å². The van der Waals surface area contributed by atoms with Crippen LogP contribution in [0.3, 0.4) is 0 Å². The minimum absolute atomic E-state index is 0.0148. The largest absolute Gasteiger partial charge is 0.396 e. The Kier molecular flexibility index (Phi) is 5.34. The van der Waals surface area contributed by atoms with Crippen molar-refractivity contribution < 1.29 is 22.4 Å². The van der Waals surface area contributed by atoms with E-state index >= 15 is 0 Å². The topological polar surface area (TPSA) is 97.3 Å². The average Bonchev–Trinajstić information content (AvgIpc) is 3.03. The highest BCUT2D eigenvalue weighted by Gasteiger charge is 2.41. The Bertz CT molecular complexity index is 703. The number of amides is 1. The Morgan fingerprint density at radius 2 is 1.85 bits per heavy atom. The number of hydrogen-bond donors (Lipinski definition) is 3. The van der Waals surface area contributed by atoms with Crippen LogP contribution in [0.25, 0.3) is 0 Å². The predicted octanol–water partition coefficient (Wildman–Crippen LogP) is 2.65. The highest BCUT2D eigenvalue weighted by atomic mass is 19.4. The summed E-state index contributed by atoms with van der Waals surface area (Å²) in [5, 5.41) is 2.77. The molecule has 1 saturated carbocycles. The molecule has 0 unspecified atom stereocenters. The Morgan fingerprint density at radius 1 is 1.19 bits per heavy atom. The number of alkyl halides is 4. The Balaban J connectivity index is 1.72. The second-order valence-electron chi connectivity index (χ2n) is 7.23. The van der Waals surface area contributed by atoms with Gasteiger partial charge in [0.25, 0.3) is 5.91 Å². The number of aromatic nitrogens is 1. The minimum Gasteiger partial charge on any atom is -0.396 e. The van der Waals surface area contributed by atoms with Crippen LogP contribution in [0, 0.1) is 5.92 Å². The summed E-state index contributed by atoms with van der Waals surface area (Å²) in [6.07, 6.45) is -4.42. The fraction of sp³-hybridized carbons (Fsp3) is 0.647. The first-order valence-electron chi connectivity index (χ1n) is 8.97. The number of hydrogen-bond acceptors (Lipinski definition) is 5. The summed E-state index contributed by atoms with van der Waals surface area (Å²) in [7, 11) is 0. The molecule has 1 aliphatic heterocycles. The Morgan fingerprint density at radius 3 is 2.41 bits per heavy atom. The summed E-state index contributed by atoms with van der Waals surface area (Å²) in [5.74, 6) is -1.50. The third-order valence-electron chi connectivity index (χ3n) is 5.26. The second-order valence-corrected chi connectivity index (χ2v) is 7.23. The van der Waals surface area contributed by atoms with Gasteiger partial charge < -0.3 is 21.7 Å². The van der Waals surface area contributed by atoms with Crippen LogP contribution in [0.2, 0.25) is 0 Å². The van der Waals surface area contributed by atoms with Gasteiger partial charge in [-0.05, 0) is 38.2 Å². The molecule has 1 saturated heterocycles. The van der Waals surface area contributed by atoms with E-state index in [1.54, 1.807) is 4.90 Å². The first-order valence-corrected chi connectivity index (χ1v) is 8.97. The molecule has 1 atom stereocenters. The first kappa shape index (κ1) is 19.5. The van der Waals surface area contributed by atoms with Crippen LogP contribution in [-0.4, -0.2) is 42.4 Å². The lowest BCUT2D eigenvalue weighted by atomic mass is 9.85. The van der Waals surface area contributed by atoms with Crippen molar-refractivity contribution in [1.29, 1.82) is 0 Å². The van der Waals surface area contributed by atoms with Gasteiger partial charge in [0.1, 0.15) is 17.8 Å². The number of anilines is 3. The van der Waals surface area contributed by atoms with Crippen molar-refractivity contribution in [3.05, 3.63) is 11.6 Å². The van der Waals surface area contributed by atoms with Gasteiger partial charge >= 0.3 is 6.18 Å². The fourth-order valence-electron chi connectivity index (χ4n) is 3.68. The molecule has 1 aromatic heterocycles. The lowest BCUT2D eigenvalue weighted by Gasteiger charge is -2.30. The number of carbonyl (C=O) groups is 1. The van der Waals surface area contributed by atoms with E-state index in [-0.39, 0.29) is 61.2 Å². The summed E-state index contributed by atoms with van der Waals surface area (Å²) in [5.41, 5.74) is 11.8. The van der Waals surface area contributed by atoms with Crippen LogP contribution >= 0.6 is 0 Å². The monoisotopic (exact) mass is 389 g/mol. The normalized spacial score (nSPS) is 26.2. The van der Waals surface area contributed by atoms with Gasteiger partial charge in [-0.3, -0.25) is 4.79 Å². The summed E-state index contributed by atoms with van der Waals surface area (Å²) in [6.45, 7) is 0.502. The SMILES string of the molecule is Nc1cc(C(=O)NC2CCC(C(F)(F)F)CC2)c(N2CC[C@@H](F)C2)nc1N. The Hall–Kier alpha value is -2.26. The molecule has 2 heterocycles. The number of rotatable bonds is 3. The zero-order chi connectivity index (χ0) is 19.8. The quantitative estimate of drug-likeness (QED) is 0.691. The van der Waals surface area contributed by atoms with Crippen molar-refractivity contribution in [3.8, 4) is 0 Å². The van der Waals surface area contributed by atoms with Crippen molar-refractivity contribution in [3.63, 3.8) is 0 Å². The second kappa shape index (κ2) is 7.40. The summed E-state index contributed by atoms with van der Waals surface area (Å²) < 4.78 is 51.9. The number of carbonyl (C=O) groups excluding carboxylic acids is 1. The molecule has 1 amide bonds. The molecule has 27 heavy (non-hydrogen) atoms. The molecule has 3 rings (SSSR count). The molecule has 0 spiro atoms. The minimum atomic E-state index is -4.20. The van der Waals surface area contributed by atoms with Gasteiger partial charge in [0.05, 0.1) is 23.7 Å². The number of halogens is 4. The summed E-state index contributed by atoms with van der Waals surface area (Å²) in [4.78, 5) is 18.5. The smallest absolute Gasteiger partial charge is 0.391 e. The van der Waals surface area contributed by atoms with Crippen molar-refractivity contribution in [2.75, 3.05) is 29.5 Å². The maximum Gasteiger partial charge on any atom is 0.391 e. The van der Waals surface area contributed by atoms with Crippen molar-refractivity contribution >= 4 is 23.2 Å². The number of pyridine rings is 1. The van der Waals surface area contributed by atoms with Crippen LogP contribution in [0.4, 0.5) is 34.9 Å². The number of nitrogens with one attached hydrogen (secondary N) is 1. The zero-order valence-corrected chi connectivity index (χ0v) is 14.7. The lowest BCUT2D eigenvalue weighted by molar-refractivity contribution is -0.182. The third-order valence-corrected chi connectivity index (χ3v) is 5.26. The first-order chi connectivity index (χ1) is 12.6. The predicted molar refractivity (Wildman–Crippen MR) is 94.1 cm³/mol. The van der Waals surface area contributed by atoms with Gasteiger partial charge in [-0.2, -0.15) is 13.2 Å². The molecular weight excluding hydrogens is 366 g/mol. The lowest BCUT2D eigenvalue weighted by Crippen LogP contribution is -2.40. The maximum atomic E-state index is 13.6. The average molecular weight is 389 g/mol. The van der Waals surface area contributed by atoms with Crippen molar-refractivity contribution in [2.45, 2.75) is 50.5 Å². The summed E-state index contributed by atoms with van der Waals surface area (Å²) >= 11 is 0. The van der Waals surface area contributed by atoms with E-state index in [2.05, 4.69) is 10.3 Å². The highest BCUT2D eigenvalue weighted by Crippen LogP contribution is 2.37. The maximum absolute atomic E-state index is 13.6. The van der Waals surface area contributed by atoms with E-state index < -0.39 is 24.2 Å². The molecule has 2 fully saturated rings. The molecule has 10 heteroatoms. The van der Waals surface area contributed by atoms with E-state index in [1.165, 1.54) is 6.07 Å². The zero-order valence-electron chi connectivity index (χ0n) is 14.7. The number of nitrogens with zero attached hydrogens (tertiary/aromatic N) is 2. The van der Waals surface area contributed by atoms with E-state index in [0.717, 1.165) is 0 Å². The molecule has 6 nitrogen and oxygen atoms in total. The van der Waals surface area contributed by atoms with Crippen molar-refractivity contribution in [2.24, 2.45) is 5.92 Å². The molecular formula is C17H23F4N5O. The molecule has 2 aliphatic rings. The van der Waals surface area contributed by atoms with Gasteiger partial charge in [-0.1, -0.05) is 0 Å².